The van der Waals surface area contributed by atoms with Crippen molar-refractivity contribution in [3.8, 4) is 0 Å². The number of nitrogens with two attached hydrogens (primary N) is 1. The standard InChI is InChI=1S/C16H24N4O/c1-10(2)15-12(4)20(9-7-14(21)19-15)11(3)13-6-5-8-18-16(13)17/h5-6,8,10-11H,7,9H2,1-4H3,(H2,17,18)(H,19,21). The minimum absolute atomic E-state index is 0.0758. The fourth-order valence-corrected chi connectivity index (χ4v) is 2.84. The second-order valence-electron chi connectivity index (χ2n) is 5.80. The second kappa shape index (κ2) is 6.16. The molecule has 5 heteroatoms. The number of nitrogens with one attached hydrogen (secondary N) is 1. The summed E-state index contributed by atoms with van der Waals surface area (Å²) < 4.78 is 0. The van der Waals surface area contributed by atoms with Crippen molar-refractivity contribution in [2.75, 3.05) is 12.3 Å². The molecule has 3 N–H and O–H groups in total. The highest BCUT2D eigenvalue weighted by Crippen LogP contribution is 2.30. The molecule has 0 bridgehead atoms. The van der Waals surface area contributed by atoms with Crippen molar-refractivity contribution in [3.63, 3.8) is 0 Å². The first-order valence-corrected chi connectivity index (χ1v) is 7.39. The molecule has 2 rings (SSSR count). The molecule has 21 heavy (non-hydrogen) atoms. The van der Waals surface area contributed by atoms with E-state index in [2.05, 4.69) is 42.9 Å². The molecule has 1 atom stereocenters. The van der Waals surface area contributed by atoms with E-state index < -0.39 is 0 Å². The molecule has 0 aromatic carbocycles. The van der Waals surface area contributed by atoms with Crippen LogP contribution in [0, 0.1) is 5.92 Å². The van der Waals surface area contributed by atoms with Gasteiger partial charge in [-0.2, -0.15) is 0 Å². The predicted molar refractivity (Wildman–Crippen MR) is 84.1 cm³/mol. The van der Waals surface area contributed by atoms with Crippen molar-refractivity contribution in [2.45, 2.75) is 40.2 Å². The van der Waals surface area contributed by atoms with Gasteiger partial charge in [-0.3, -0.25) is 4.79 Å². The van der Waals surface area contributed by atoms with Crippen molar-refractivity contribution in [1.82, 2.24) is 15.2 Å². The first kappa shape index (κ1) is 15.4. The molecule has 1 aliphatic heterocycles. The zero-order valence-electron chi connectivity index (χ0n) is 13.2. The molecule has 5 nitrogen and oxygen atoms in total. The largest absolute Gasteiger partial charge is 0.383 e. The van der Waals surface area contributed by atoms with Crippen LogP contribution in [0.2, 0.25) is 0 Å². The molecule has 0 spiro atoms. The van der Waals surface area contributed by atoms with Gasteiger partial charge < -0.3 is 16.0 Å². The van der Waals surface area contributed by atoms with Crippen LogP contribution in [0.1, 0.15) is 45.7 Å². The Kier molecular flexibility index (Phi) is 4.50. The van der Waals surface area contributed by atoms with Gasteiger partial charge in [-0.15, -0.1) is 0 Å². The van der Waals surface area contributed by atoms with E-state index in [1.807, 2.05) is 12.1 Å². The topological polar surface area (TPSA) is 71.2 Å². The maximum Gasteiger partial charge on any atom is 0.225 e. The summed E-state index contributed by atoms with van der Waals surface area (Å²) in [6.07, 6.45) is 2.18. The number of anilines is 1. The minimum atomic E-state index is 0.0758. The summed E-state index contributed by atoms with van der Waals surface area (Å²) in [5.74, 6) is 0.896. The SMILES string of the molecule is CC1=C(C(C)C)NC(=O)CCN1C(C)c1cccnc1N. The molecule has 0 aliphatic carbocycles. The van der Waals surface area contributed by atoms with Gasteiger partial charge in [0.25, 0.3) is 0 Å². The van der Waals surface area contributed by atoms with Gasteiger partial charge >= 0.3 is 0 Å². The van der Waals surface area contributed by atoms with E-state index >= 15 is 0 Å². The lowest BCUT2D eigenvalue weighted by atomic mass is 10.0. The summed E-state index contributed by atoms with van der Waals surface area (Å²) in [5.41, 5.74) is 9.09. The Labute approximate surface area is 126 Å². The van der Waals surface area contributed by atoms with Crippen LogP contribution < -0.4 is 11.1 Å². The number of hydrogen-bond acceptors (Lipinski definition) is 4. The van der Waals surface area contributed by atoms with Gasteiger partial charge in [-0.25, -0.2) is 4.98 Å². The number of nitrogen functional groups attached to an aromatic ring is 1. The van der Waals surface area contributed by atoms with E-state index in [1.54, 1.807) is 6.20 Å². The van der Waals surface area contributed by atoms with Crippen LogP contribution in [0.25, 0.3) is 0 Å². The number of carbonyl (C=O) groups excluding carboxylic acids is 1. The molecule has 114 valence electrons. The zero-order chi connectivity index (χ0) is 15.6. The summed E-state index contributed by atoms with van der Waals surface area (Å²) in [5, 5.41) is 3.03. The molecule has 0 saturated carbocycles. The van der Waals surface area contributed by atoms with Gasteiger partial charge in [0.15, 0.2) is 0 Å². The van der Waals surface area contributed by atoms with Gasteiger partial charge in [0, 0.05) is 36.1 Å². The maximum absolute atomic E-state index is 11.9. The average Bonchev–Trinajstić information content (AvgIpc) is 2.58. The molecule has 1 amide bonds. The number of allylic oxidation sites excluding steroid dienone is 2. The van der Waals surface area contributed by atoms with Crippen LogP contribution in [0.4, 0.5) is 5.82 Å². The molecule has 1 unspecified atom stereocenters. The fraction of sp³-hybridized carbons (Fsp3) is 0.500. The highest BCUT2D eigenvalue weighted by molar-refractivity contribution is 5.78. The lowest BCUT2D eigenvalue weighted by Gasteiger charge is -2.32. The second-order valence-corrected chi connectivity index (χ2v) is 5.80. The molecule has 2 heterocycles. The summed E-state index contributed by atoms with van der Waals surface area (Å²) in [7, 11) is 0. The van der Waals surface area contributed by atoms with Crippen LogP contribution in [0.15, 0.2) is 29.7 Å². The normalized spacial score (nSPS) is 17.8. The van der Waals surface area contributed by atoms with Crippen LogP contribution >= 0.6 is 0 Å². The third-order valence-corrected chi connectivity index (χ3v) is 4.04. The molecule has 0 fully saturated rings. The molecular formula is C16H24N4O. The number of carbonyl (C=O) groups is 1. The molecule has 0 radical (unpaired) electrons. The van der Waals surface area contributed by atoms with Gasteiger partial charge in [-0.1, -0.05) is 19.9 Å². The van der Waals surface area contributed by atoms with Crippen molar-refractivity contribution in [3.05, 3.63) is 35.3 Å². The van der Waals surface area contributed by atoms with Crippen molar-refractivity contribution in [1.29, 1.82) is 0 Å². The highest BCUT2D eigenvalue weighted by Gasteiger charge is 2.25. The van der Waals surface area contributed by atoms with E-state index in [1.165, 1.54) is 0 Å². The number of aromatic nitrogens is 1. The molecule has 1 aromatic heterocycles. The Bertz CT molecular complexity index is 565. The van der Waals surface area contributed by atoms with E-state index in [4.69, 9.17) is 5.73 Å². The Hall–Kier alpha value is -2.04. The molecule has 0 saturated heterocycles. The first-order valence-electron chi connectivity index (χ1n) is 7.39. The quantitative estimate of drug-likeness (QED) is 0.896. The molecule has 1 aliphatic rings. The third kappa shape index (κ3) is 3.17. The number of pyridine rings is 1. The lowest BCUT2D eigenvalue weighted by molar-refractivity contribution is -0.120. The summed E-state index contributed by atoms with van der Waals surface area (Å²) in [4.78, 5) is 18.3. The average molecular weight is 288 g/mol. The third-order valence-electron chi connectivity index (χ3n) is 4.04. The van der Waals surface area contributed by atoms with Crippen molar-refractivity contribution < 1.29 is 4.79 Å². The Morgan fingerprint density at radius 2 is 2.10 bits per heavy atom. The molecular weight excluding hydrogens is 264 g/mol. The van der Waals surface area contributed by atoms with Gasteiger partial charge in [-0.05, 0) is 25.8 Å². The zero-order valence-corrected chi connectivity index (χ0v) is 13.2. The van der Waals surface area contributed by atoms with Gasteiger partial charge in [0.05, 0.1) is 6.04 Å². The Morgan fingerprint density at radius 3 is 2.71 bits per heavy atom. The first-order chi connectivity index (χ1) is 9.91. The van der Waals surface area contributed by atoms with Crippen LogP contribution in [0.3, 0.4) is 0 Å². The summed E-state index contributed by atoms with van der Waals surface area (Å²) in [6.45, 7) is 9.02. The maximum atomic E-state index is 11.9. The van der Waals surface area contributed by atoms with Gasteiger partial charge in [0.1, 0.15) is 5.82 Å². The monoisotopic (exact) mass is 288 g/mol. The summed E-state index contributed by atoms with van der Waals surface area (Å²) in [6, 6.07) is 3.97. The van der Waals surface area contributed by atoms with Crippen LogP contribution in [-0.4, -0.2) is 22.3 Å². The number of hydrogen-bond donors (Lipinski definition) is 2. The fourth-order valence-electron chi connectivity index (χ4n) is 2.84. The van der Waals surface area contributed by atoms with E-state index in [0.717, 1.165) is 17.0 Å². The van der Waals surface area contributed by atoms with E-state index in [0.29, 0.717) is 18.8 Å². The van der Waals surface area contributed by atoms with Crippen molar-refractivity contribution in [2.24, 2.45) is 5.92 Å². The highest BCUT2D eigenvalue weighted by atomic mass is 16.1. The lowest BCUT2D eigenvalue weighted by Crippen LogP contribution is -2.28. The van der Waals surface area contributed by atoms with Crippen molar-refractivity contribution >= 4 is 11.7 Å². The summed E-state index contributed by atoms with van der Waals surface area (Å²) >= 11 is 0. The Balaban J connectivity index is 2.39. The predicted octanol–water partition coefficient (Wildman–Crippen LogP) is 2.43. The number of rotatable bonds is 3. The number of amides is 1. The van der Waals surface area contributed by atoms with E-state index in [-0.39, 0.29) is 17.9 Å². The Morgan fingerprint density at radius 1 is 1.38 bits per heavy atom. The van der Waals surface area contributed by atoms with Crippen LogP contribution in [0.5, 0.6) is 0 Å². The van der Waals surface area contributed by atoms with Gasteiger partial charge in [0.2, 0.25) is 5.91 Å². The van der Waals surface area contributed by atoms with Crippen LogP contribution in [-0.2, 0) is 4.79 Å². The number of nitrogens with zero attached hydrogens (tertiary/aromatic N) is 2. The minimum Gasteiger partial charge on any atom is -0.383 e. The molecule has 1 aromatic rings. The smallest absolute Gasteiger partial charge is 0.225 e. The van der Waals surface area contributed by atoms with E-state index in [9.17, 15) is 4.79 Å².